The maximum absolute atomic E-state index is 8.85. The maximum atomic E-state index is 8.85. The van der Waals surface area contributed by atoms with Crippen LogP contribution >= 0.6 is 0 Å². The minimum Gasteiger partial charge on any atom is -0.411 e. The van der Waals surface area contributed by atoms with E-state index in [0.717, 1.165) is 42.2 Å². The van der Waals surface area contributed by atoms with E-state index in [4.69, 9.17) is 5.21 Å². The first-order valence-electron chi connectivity index (χ1n) is 9.06. The van der Waals surface area contributed by atoms with Crippen molar-refractivity contribution in [3.8, 4) is 0 Å². The van der Waals surface area contributed by atoms with Crippen molar-refractivity contribution in [1.82, 2.24) is 0 Å². The summed E-state index contributed by atoms with van der Waals surface area (Å²) in [5, 5.41) is 12.3. The number of oxime groups is 1. The van der Waals surface area contributed by atoms with Crippen molar-refractivity contribution < 1.29 is 5.21 Å². The first-order valence-corrected chi connectivity index (χ1v) is 9.06. The molecule has 0 atom stereocenters. The van der Waals surface area contributed by atoms with E-state index >= 15 is 0 Å². The van der Waals surface area contributed by atoms with E-state index in [-0.39, 0.29) is 0 Å². The zero-order valence-electron chi connectivity index (χ0n) is 12.9. The SMILES string of the molecule is ON=C1CCC(C2CCC(C3CCCCC3)CC2)CC1. The second-order valence-electron chi connectivity index (χ2n) is 7.58. The van der Waals surface area contributed by atoms with E-state index in [0.29, 0.717) is 0 Å². The van der Waals surface area contributed by atoms with Gasteiger partial charge in [0.25, 0.3) is 0 Å². The zero-order valence-corrected chi connectivity index (χ0v) is 12.9. The van der Waals surface area contributed by atoms with E-state index in [1.165, 1.54) is 70.6 Å². The average molecular weight is 277 g/mol. The summed E-state index contributed by atoms with van der Waals surface area (Å²) in [5.41, 5.74) is 1.04. The molecule has 0 aromatic carbocycles. The van der Waals surface area contributed by atoms with Gasteiger partial charge >= 0.3 is 0 Å². The third kappa shape index (κ3) is 3.38. The van der Waals surface area contributed by atoms with Crippen molar-refractivity contribution in [2.75, 3.05) is 0 Å². The van der Waals surface area contributed by atoms with Gasteiger partial charge in [-0.1, -0.05) is 37.3 Å². The van der Waals surface area contributed by atoms with Gasteiger partial charge in [0.1, 0.15) is 0 Å². The number of nitrogens with zero attached hydrogens (tertiary/aromatic N) is 1. The molecule has 3 saturated carbocycles. The molecule has 3 aliphatic rings. The van der Waals surface area contributed by atoms with Crippen molar-refractivity contribution in [2.45, 2.75) is 83.5 Å². The molecule has 0 unspecified atom stereocenters. The highest BCUT2D eigenvalue weighted by molar-refractivity contribution is 5.84. The Bertz CT molecular complexity index is 314. The molecule has 0 aliphatic heterocycles. The third-order valence-electron chi connectivity index (χ3n) is 6.55. The summed E-state index contributed by atoms with van der Waals surface area (Å²) < 4.78 is 0. The normalized spacial score (nSPS) is 36.8. The minimum absolute atomic E-state index is 0.924. The van der Waals surface area contributed by atoms with Crippen LogP contribution in [0, 0.1) is 23.7 Å². The van der Waals surface area contributed by atoms with Gasteiger partial charge in [0.2, 0.25) is 0 Å². The van der Waals surface area contributed by atoms with Gasteiger partial charge < -0.3 is 5.21 Å². The lowest BCUT2D eigenvalue weighted by Gasteiger charge is -2.39. The molecule has 0 amide bonds. The smallest absolute Gasteiger partial charge is 0.0571 e. The lowest BCUT2D eigenvalue weighted by Crippen LogP contribution is -2.29. The predicted octanol–water partition coefficient (Wildman–Crippen LogP) is 5.39. The summed E-state index contributed by atoms with van der Waals surface area (Å²) in [5.74, 6) is 4.04. The fourth-order valence-electron chi connectivity index (χ4n) is 5.24. The molecule has 1 N–H and O–H groups in total. The van der Waals surface area contributed by atoms with Crippen LogP contribution < -0.4 is 0 Å². The molecule has 20 heavy (non-hydrogen) atoms. The lowest BCUT2D eigenvalue weighted by molar-refractivity contribution is 0.131. The Morgan fingerprint density at radius 3 is 1.55 bits per heavy atom. The van der Waals surface area contributed by atoms with Crippen molar-refractivity contribution in [3.63, 3.8) is 0 Å². The minimum atomic E-state index is 0.924. The standard InChI is InChI=1S/C18H31NO/c20-19-18-12-10-17(11-13-18)16-8-6-15(7-9-16)14-4-2-1-3-5-14/h14-17,20H,1-13H2. The van der Waals surface area contributed by atoms with E-state index in [2.05, 4.69) is 5.16 Å². The highest BCUT2D eigenvalue weighted by Gasteiger charge is 2.32. The molecule has 0 saturated heterocycles. The zero-order chi connectivity index (χ0) is 13.8. The summed E-state index contributed by atoms with van der Waals surface area (Å²) in [4.78, 5) is 0. The molecule has 2 nitrogen and oxygen atoms in total. The molecule has 0 aromatic rings. The molecule has 114 valence electrons. The fourth-order valence-corrected chi connectivity index (χ4v) is 5.24. The molecular weight excluding hydrogens is 246 g/mol. The van der Waals surface area contributed by atoms with Crippen LogP contribution in [-0.4, -0.2) is 10.9 Å². The number of rotatable bonds is 2. The Hall–Kier alpha value is -0.530. The summed E-state index contributed by atoms with van der Waals surface area (Å²) in [7, 11) is 0. The Labute approximate surface area is 124 Å². The lowest BCUT2D eigenvalue weighted by atomic mass is 9.66. The van der Waals surface area contributed by atoms with Crippen LogP contribution in [0.15, 0.2) is 5.16 Å². The van der Waals surface area contributed by atoms with Gasteiger partial charge in [0.05, 0.1) is 5.71 Å². The highest BCUT2D eigenvalue weighted by atomic mass is 16.4. The molecule has 0 heterocycles. The molecule has 3 aliphatic carbocycles. The highest BCUT2D eigenvalue weighted by Crippen LogP contribution is 2.44. The molecule has 2 heteroatoms. The fraction of sp³-hybridized carbons (Fsp3) is 0.944. The summed E-state index contributed by atoms with van der Waals surface area (Å²) in [6.45, 7) is 0. The van der Waals surface area contributed by atoms with E-state index in [1.807, 2.05) is 0 Å². The van der Waals surface area contributed by atoms with Crippen molar-refractivity contribution in [3.05, 3.63) is 0 Å². The topological polar surface area (TPSA) is 32.6 Å². The summed E-state index contributed by atoms with van der Waals surface area (Å²) in [6.07, 6.45) is 18.2. The average Bonchev–Trinajstić information content (AvgIpc) is 2.56. The number of hydrogen-bond acceptors (Lipinski definition) is 2. The van der Waals surface area contributed by atoms with Gasteiger partial charge in [-0.05, 0) is 75.0 Å². The summed E-state index contributed by atoms with van der Waals surface area (Å²) in [6, 6.07) is 0. The largest absolute Gasteiger partial charge is 0.411 e. The molecule has 0 radical (unpaired) electrons. The second kappa shape index (κ2) is 6.95. The van der Waals surface area contributed by atoms with Gasteiger partial charge in [-0.3, -0.25) is 0 Å². The van der Waals surface area contributed by atoms with E-state index in [1.54, 1.807) is 0 Å². The van der Waals surface area contributed by atoms with Gasteiger partial charge in [-0.15, -0.1) is 0 Å². The van der Waals surface area contributed by atoms with Crippen LogP contribution in [0.3, 0.4) is 0 Å². The van der Waals surface area contributed by atoms with E-state index < -0.39 is 0 Å². The molecule has 0 bridgehead atoms. The van der Waals surface area contributed by atoms with Crippen molar-refractivity contribution in [1.29, 1.82) is 0 Å². The quantitative estimate of drug-likeness (QED) is 0.532. The number of hydrogen-bond donors (Lipinski definition) is 1. The molecule has 3 rings (SSSR count). The maximum Gasteiger partial charge on any atom is 0.0571 e. The Morgan fingerprint density at radius 1 is 0.600 bits per heavy atom. The Morgan fingerprint density at radius 2 is 1.05 bits per heavy atom. The van der Waals surface area contributed by atoms with Crippen LogP contribution in [0.5, 0.6) is 0 Å². The van der Waals surface area contributed by atoms with Gasteiger partial charge in [-0.25, -0.2) is 0 Å². The van der Waals surface area contributed by atoms with Crippen LogP contribution in [0.2, 0.25) is 0 Å². The molecule has 0 aromatic heterocycles. The van der Waals surface area contributed by atoms with Gasteiger partial charge in [0.15, 0.2) is 0 Å². The van der Waals surface area contributed by atoms with Crippen LogP contribution in [-0.2, 0) is 0 Å². The van der Waals surface area contributed by atoms with Gasteiger partial charge in [0, 0.05) is 0 Å². The Kier molecular flexibility index (Phi) is 5.01. The predicted molar refractivity (Wildman–Crippen MR) is 83.2 cm³/mol. The van der Waals surface area contributed by atoms with Crippen molar-refractivity contribution >= 4 is 5.71 Å². The second-order valence-corrected chi connectivity index (χ2v) is 7.58. The molecule has 3 fully saturated rings. The van der Waals surface area contributed by atoms with Crippen LogP contribution in [0.1, 0.15) is 83.5 Å². The first-order chi connectivity index (χ1) is 9.86. The van der Waals surface area contributed by atoms with Crippen LogP contribution in [0.25, 0.3) is 0 Å². The van der Waals surface area contributed by atoms with Crippen LogP contribution in [0.4, 0.5) is 0 Å². The Balaban J connectivity index is 1.44. The first kappa shape index (κ1) is 14.4. The third-order valence-corrected chi connectivity index (χ3v) is 6.55. The molecule has 0 spiro atoms. The van der Waals surface area contributed by atoms with Gasteiger partial charge in [-0.2, -0.15) is 0 Å². The molecular formula is C18H31NO. The monoisotopic (exact) mass is 277 g/mol. The van der Waals surface area contributed by atoms with E-state index in [9.17, 15) is 0 Å². The van der Waals surface area contributed by atoms with Crippen molar-refractivity contribution in [2.24, 2.45) is 28.8 Å². The summed E-state index contributed by atoms with van der Waals surface area (Å²) >= 11 is 0.